The van der Waals surface area contributed by atoms with Gasteiger partial charge in [-0.15, -0.1) is 11.3 Å². The molecule has 0 radical (unpaired) electrons. The molecule has 1 unspecified atom stereocenters. The second kappa shape index (κ2) is 9.33. The van der Waals surface area contributed by atoms with Crippen LogP contribution >= 0.6 is 11.3 Å². The van der Waals surface area contributed by atoms with Gasteiger partial charge in [-0.25, -0.2) is 0 Å². The number of thiophene rings is 1. The third-order valence-corrected chi connectivity index (χ3v) is 8.86. The van der Waals surface area contributed by atoms with Gasteiger partial charge in [0.15, 0.2) is 0 Å². The number of allylic oxidation sites excluding steroid dienone is 2. The van der Waals surface area contributed by atoms with Crippen LogP contribution in [-0.4, -0.2) is 14.5 Å². The summed E-state index contributed by atoms with van der Waals surface area (Å²) < 4.78 is 3.77. The van der Waals surface area contributed by atoms with Crippen LogP contribution in [0.5, 0.6) is 0 Å². The van der Waals surface area contributed by atoms with Crippen molar-refractivity contribution in [3.05, 3.63) is 145 Å². The van der Waals surface area contributed by atoms with Gasteiger partial charge >= 0.3 is 0 Å². The highest BCUT2D eigenvalue weighted by Gasteiger charge is 2.23. The molecule has 0 spiro atoms. The third kappa shape index (κ3) is 3.74. The van der Waals surface area contributed by atoms with Gasteiger partial charge in [0.2, 0.25) is 0 Å². The Labute approximate surface area is 235 Å². The van der Waals surface area contributed by atoms with Crippen molar-refractivity contribution in [3.8, 4) is 10.4 Å². The molecule has 1 atom stereocenters. The van der Waals surface area contributed by atoms with Crippen molar-refractivity contribution in [2.45, 2.75) is 6.17 Å². The Kier molecular flexibility index (Phi) is 5.35. The molecule has 5 heterocycles. The Morgan fingerprint density at radius 3 is 2.20 bits per heavy atom. The summed E-state index contributed by atoms with van der Waals surface area (Å²) in [6, 6.07) is 34.6. The molecule has 4 aromatic heterocycles. The molecule has 5 heteroatoms. The second-order valence-electron chi connectivity index (χ2n) is 9.98. The average Bonchev–Trinajstić information content (AvgIpc) is 3.62. The van der Waals surface area contributed by atoms with Gasteiger partial charge in [-0.3, -0.25) is 9.97 Å². The molecule has 40 heavy (non-hydrogen) atoms. The Hall–Kier alpha value is -5.00. The number of rotatable bonds is 4. The molecular weight excluding hydrogens is 508 g/mol. The minimum Gasteiger partial charge on any atom is -0.361 e. The summed E-state index contributed by atoms with van der Waals surface area (Å²) in [6.07, 6.45) is 11.8. The van der Waals surface area contributed by atoms with Crippen molar-refractivity contribution >= 4 is 54.5 Å². The number of dihydropyridines is 1. The number of nitrogens with one attached hydrogen (secondary N) is 1. The number of fused-ring (bicyclic) bond motifs is 5. The summed E-state index contributed by atoms with van der Waals surface area (Å²) in [6.45, 7) is 0. The number of pyridine rings is 2. The first kappa shape index (κ1) is 22.9. The van der Waals surface area contributed by atoms with E-state index in [0.29, 0.717) is 0 Å². The van der Waals surface area contributed by atoms with Crippen molar-refractivity contribution in [1.82, 2.24) is 19.9 Å². The van der Waals surface area contributed by atoms with E-state index < -0.39 is 0 Å². The van der Waals surface area contributed by atoms with E-state index in [4.69, 9.17) is 0 Å². The van der Waals surface area contributed by atoms with Crippen LogP contribution in [0.15, 0.2) is 134 Å². The fraction of sp³-hybridized carbons (Fsp3) is 0.0286. The molecule has 0 saturated carbocycles. The van der Waals surface area contributed by atoms with Crippen LogP contribution in [0.1, 0.15) is 17.3 Å². The van der Waals surface area contributed by atoms with Crippen molar-refractivity contribution < 1.29 is 0 Å². The maximum atomic E-state index is 4.25. The molecule has 4 nitrogen and oxygen atoms in total. The molecule has 7 aromatic rings. The Morgan fingerprint density at radius 2 is 1.40 bits per heavy atom. The number of hydrogen-bond donors (Lipinski definition) is 1. The molecule has 0 saturated heterocycles. The lowest BCUT2D eigenvalue weighted by Gasteiger charge is -2.27. The lowest BCUT2D eigenvalue weighted by Crippen LogP contribution is -2.26. The van der Waals surface area contributed by atoms with Crippen molar-refractivity contribution in [1.29, 1.82) is 0 Å². The maximum Gasteiger partial charge on any atom is 0.124 e. The molecule has 190 valence electrons. The van der Waals surface area contributed by atoms with Crippen molar-refractivity contribution in [2.24, 2.45) is 0 Å². The van der Waals surface area contributed by atoms with Gasteiger partial charge in [0.25, 0.3) is 0 Å². The minimum atomic E-state index is -0.0928. The van der Waals surface area contributed by atoms with Crippen molar-refractivity contribution in [3.63, 3.8) is 0 Å². The number of hydrogen-bond acceptors (Lipinski definition) is 4. The van der Waals surface area contributed by atoms with Crippen LogP contribution in [0.25, 0.3) is 53.6 Å². The van der Waals surface area contributed by atoms with Gasteiger partial charge in [-0.05, 0) is 76.7 Å². The van der Waals surface area contributed by atoms with Gasteiger partial charge in [0, 0.05) is 56.4 Å². The van der Waals surface area contributed by atoms with Gasteiger partial charge in [0.1, 0.15) is 6.17 Å². The number of para-hydroxylation sites is 1. The Morgan fingerprint density at radius 1 is 0.675 bits per heavy atom. The van der Waals surface area contributed by atoms with E-state index >= 15 is 0 Å². The molecule has 0 fully saturated rings. The predicted molar refractivity (Wildman–Crippen MR) is 167 cm³/mol. The Balaban J connectivity index is 1.36. The van der Waals surface area contributed by atoms with Crippen molar-refractivity contribution in [2.75, 3.05) is 0 Å². The summed E-state index contributed by atoms with van der Waals surface area (Å²) >= 11 is 1.88. The Bertz CT molecular complexity index is 2070. The fourth-order valence-electron chi connectivity index (χ4n) is 5.80. The van der Waals surface area contributed by atoms with Gasteiger partial charge in [-0.2, -0.15) is 0 Å². The van der Waals surface area contributed by atoms with Crippen LogP contribution in [0.2, 0.25) is 0 Å². The van der Waals surface area contributed by atoms with Gasteiger partial charge < -0.3 is 9.88 Å². The molecule has 3 aromatic carbocycles. The van der Waals surface area contributed by atoms with E-state index in [9.17, 15) is 0 Å². The zero-order valence-corrected chi connectivity index (χ0v) is 22.3. The summed E-state index contributed by atoms with van der Waals surface area (Å²) in [5.74, 6) is 0. The number of nitrogens with zero attached hydrogens (tertiary/aromatic N) is 3. The highest BCUT2D eigenvalue weighted by molar-refractivity contribution is 7.23. The van der Waals surface area contributed by atoms with Gasteiger partial charge in [-0.1, -0.05) is 54.6 Å². The largest absolute Gasteiger partial charge is 0.361 e. The molecule has 0 amide bonds. The van der Waals surface area contributed by atoms with E-state index in [1.165, 1.54) is 42.3 Å². The SMILES string of the molecule is C1=C(c2ccncc2)C=C(c2ccncc2)NC1n1c2ccccc2c2c3sc(-c4ccccc4)cc3ccc21. The van der Waals surface area contributed by atoms with Crippen LogP contribution in [-0.2, 0) is 0 Å². The zero-order chi connectivity index (χ0) is 26.5. The standard InChI is InChI=1S/C35H24N4S/c1-2-6-25(7-3-1)32-21-26-10-11-31-34(35(26)40-32)28-8-4-5-9-30(28)39(31)33-22-27(23-12-16-36-17-13-23)20-29(38-33)24-14-18-37-19-15-24/h1-22,33,38H. The van der Waals surface area contributed by atoms with Crippen LogP contribution in [0, 0.1) is 0 Å². The van der Waals surface area contributed by atoms with E-state index in [2.05, 4.69) is 129 Å². The maximum absolute atomic E-state index is 4.25. The normalized spacial score (nSPS) is 15.2. The molecule has 0 bridgehead atoms. The predicted octanol–water partition coefficient (Wildman–Crippen LogP) is 8.69. The average molecular weight is 533 g/mol. The van der Waals surface area contributed by atoms with Crippen LogP contribution in [0.4, 0.5) is 0 Å². The first-order valence-corrected chi connectivity index (χ1v) is 14.2. The minimum absolute atomic E-state index is 0.0928. The topological polar surface area (TPSA) is 42.7 Å². The lowest BCUT2D eigenvalue weighted by molar-refractivity contribution is 0.591. The molecule has 0 aliphatic carbocycles. The molecule has 1 N–H and O–H groups in total. The molecule has 8 rings (SSSR count). The van der Waals surface area contributed by atoms with Crippen LogP contribution < -0.4 is 5.32 Å². The molecule has 1 aliphatic heterocycles. The number of benzene rings is 3. The first-order valence-electron chi connectivity index (χ1n) is 13.3. The smallest absolute Gasteiger partial charge is 0.124 e. The molecule has 1 aliphatic rings. The fourth-order valence-corrected chi connectivity index (χ4v) is 7.02. The van der Waals surface area contributed by atoms with E-state index in [1.54, 1.807) is 0 Å². The summed E-state index contributed by atoms with van der Waals surface area (Å²) in [4.78, 5) is 9.77. The van der Waals surface area contributed by atoms with Crippen LogP contribution in [0.3, 0.4) is 0 Å². The third-order valence-electron chi connectivity index (χ3n) is 7.64. The summed E-state index contributed by atoms with van der Waals surface area (Å²) in [5.41, 5.74) is 8.15. The van der Waals surface area contributed by atoms with E-state index in [1.807, 2.05) is 36.1 Å². The van der Waals surface area contributed by atoms with E-state index in [-0.39, 0.29) is 6.17 Å². The summed E-state index contributed by atoms with van der Waals surface area (Å²) in [5, 5.41) is 7.70. The second-order valence-corrected chi connectivity index (χ2v) is 11.0. The molecular formula is C35H24N4S. The highest BCUT2D eigenvalue weighted by atomic mass is 32.1. The monoisotopic (exact) mass is 532 g/mol. The lowest BCUT2D eigenvalue weighted by atomic mass is 9.99. The van der Waals surface area contributed by atoms with E-state index in [0.717, 1.165) is 22.4 Å². The highest BCUT2D eigenvalue weighted by Crippen LogP contribution is 2.43. The summed E-state index contributed by atoms with van der Waals surface area (Å²) in [7, 11) is 0. The van der Waals surface area contributed by atoms with Gasteiger partial charge in [0.05, 0.1) is 11.0 Å². The zero-order valence-electron chi connectivity index (χ0n) is 21.5. The first-order chi connectivity index (χ1) is 19.8. The number of aromatic nitrogens is 3. The quantitative estimate of drug-likeness (QED) is 0.247.